The molecule has 18 heavy (non-hydrogen) atoms. The van der Waals surface area contributed by atoms with Gasteiger partial charge in [0.2, 0.25) is 0 Å². The standard InChI is InChI=1S/C17H23N/c1-2-12-4-5-14(10-13(12)3-1)17-9-6-15(17)11-18-16-7-8-16/h4-5,10,15-18H,1-3,6-9,11H2. The molecule has 3 aliphatic rings. The summed E-state index contributed by atoms with van der Waals surface area (Å²) in [4.78, 5) is 0. The molecule has 0 aliphatic heterocycles. The fourth-order valence-corrected chi connectivity index (χ4v) is 3.68. The SMILES string of the molecule is c1cc2c(cc1C1CCC1CNC1CC1)CCC2. The second kappa shape index (κ2) is 4.38. The number of nitrogens with one attached hydrogen (secondary N) is 1. The molecule has 1 aromatic carbocycles. The van der Waals surface area contributed by atoms with E-state index >= 15 is 0 Å². The van der Waals surface area contributed by atoms with Crippen LogP contribution in [0.4, 0.5) is 0 Å². The summed E-state index contributed by atoms with van der Waals surface area (Å²) >= 11 is 0. The fraction of sp³-hybridized carbons (Fsp3) is 0.647. The molecular weight excluding hydrogens is 218 g/mol. The molecule has 2 unspecified atom stereocenters. The maximum absolute atomic E-state index is 3.71. The lowest BCUT2D eigenvalue weighted by atomic mass is 9.69. The Morgan fingerprint density at radius 3 is 2.67 bits per heavy atom. The smallest absolute Gasteiger partial charge is 0.00683 e. The van der Waals surface area contributed by atoms with Gasteiger partial charge in [-0.25, -0.2) is 0 Å². The molecule has 1 heteroatoms. The van der Waals surface area contributed by atoms with Gasteiger partial charge in [-0.2, -0.15) is 0 Å². The van der Waals surface area contributed by atoms with Gasteiger partial charge in [-0.15, -0.1) is 0 Å². The zero-order valence-corrected chi connectivity index (χ0v) is 11.1. The summed E-state index contributed by atoms with van der Waals surface area (Å²) in [7, 11) is 0. The summed E-state index contributed by atoms with van der Waals surface area (Å²) in [6.07, 6.45) is 9.67. The highest BCUT2D eigenvalue weighted by molar-refractivity contribution is 5.37. The Morgan fingerprint density at radius 2 is 1.89 bits per heavy atom. The fourth-order valence-electron chi connectivity index (χ4n) is 3.68. The van der Waals surface area contributed by atoms with Crippen molar-refractivity contribution in [3.8, 4) is 0 Å². The van der Waals surface area contributed by atoms with Crippen LogP contribution in [0.5, 0.6) is 0 Å². The minimum absolute atomic E-state index is 0.849. The third-order valence-electron chi connectivity index (χ3n) is 5.21. The van der Waals surface area contributed by atoms with Crippen molar-refractivity contribution in [2.75, 3.05) is 6.54 Å². The van der Waals surface area contributed by atoms with Gasteiger partial charge in [0.1, 0.15) is 0 Å². The van der Waals surface area contributed by atoms with Crippen LogP contribution in [0.15, 0.2) is 18.2 Å². The third-order valence-corrected chi connectivity index (χ3v) is 5.21. The van der Waals surface area contributed by atoms with E-state index in [4.69, 9.17) is 0 Å². The number of rotatable bonds is 4. The molecular formula is C17H23N. The van der Waals surface area contributed by atoms with Crippen molar-refractivity contribution in [2.45, 2.75) is 56.9 Å². The summed E-state index contributed by atoms with van der Waals surface area (Å²) < 4.78 is 0. The van der Waals surface area contributed by atoms with Crippen LogP contribution in [0.25, 0.3) is 0 Å². The van der Waals surface area contributed by atoms with Gasteiger partial charge in [0.15, 0.2) is 0 Å². The van der Waals surface area contributed by atoms with E-state index in [1.165, 1.54) is 51.5 Å². The molecule has 96 valence electrons. The van der Waals surface area contributed by atoms with Crippen molar-refractivity contribution in [2.24, 2.45) is 5.92 Å². The van der Waals surface area contributed by atoms with Crippen LogP contribution in [-0.4, -0.2) is 12.6 Å². The monoisotopic (exact) mass is 241 g/mol. The predicted octanol–water partition coefficient (Wildman–Crippen LogP) is 3.42. The van der Waals surface area contributed by atoms with Crippen molar-refractivity contribution in [1.29, 1.82) is 0 Å². The summed E-state index contributed by atoms with van der Waals surface area (Å²) in [5.41, 5.74) is 4.89. The van der Waals surface area contributed by atoms with E-state index in [0.717, 1.165) is 17.9 Å². The van der Waals surface area contributed by atoms with Gasteiger partial charge in [-0.1, -0.05) is 18.2 Å². The maximum Gasteiger partial charge on any atom is 0.00683 e. The first-order chi connectivity index (χ1) is 8.90. The van der Waals surface area contributed by atoms with E-state index < -0.39 is 0 Å². The lowest BCUT2D eigenvalue weighted by Crippen LogP contribution is -2.34. The van der Waals surface area contributed by atoms with Crippen LogP contribution in [0, 0.1) is 5.92 Å². The Labute approximate surface area is 110 Å². The number of fused-ring (bicyclic) bond motifs is 1. The van der Waals surface area contributed by atoms with Crippen LogP contribution >= 0.6 is 0 Å². The summed E-state index contributed by atoms with van der Waals surface area (Å²) in [6.45, 7) is 1.26. The molecule has 0 heterocycles. The first-order valence-corrected chi connectivity index (χ1v) is 7.75. The van der Waals surface area contributed by atoms with Gasteiger partial charge in [-0.05, 0) is 80.0 Å². The number of hydrogen-bond acceptors (Lipinski definition) is 1. The molecule has 4 rings (SSSR count). The third kappa shape index (κ3) is 1.99. The van der Waals surface area contributed by atoms with Crippen molar-refractivity contribution in [3.63, 3.8) is 0 Å². The van der Waals surface area contributed by atoms with Gasteiger partial charge in [-0.3, -0.25) is 0 Å². The Balaban J connectivity index is 1.45. The molecule has 0 spiro atoms. The van der Waals surface area contributed by atoms with Gasteiger partial charge in [0.05, 0.1) is 0 Å². The minimum Gasteiger partial charge on any atom is -0.314 e. The molecule has 1 aromatic rings. The molecule has 2 saturated carbocycles. The average molecular weight is 241 g/mol. The van der Waals surface area contributed by atoms with Gasteiger partial charge in [0, 0.05) is 6.04 Å². The van der Waals surface area contributed by atoms with E-state index in [1.807, 2.05) is 0 Å². The molecule has 0 aromatic heterocycles. The summed E-state index contributed by atoms with van der Waals surface area (Å²) in [6, 6.07) is 8.21. The highest BCUT2D eigenvalue weighted by Gasteiger charge is 2.33. The van der Waals surface area contributed by atoms with Crippen LogP contribution in [0.1, 0.15) is 54.7 Å². The second-order valence-electron chi connectivity index (χ2n) is 6.51. The van der Waals surface area contributed by atoms with E-state index in [9.17, 15) is 0 Å². The lowest BCUT2D eigenvalue weighted by molar-refractivity contribution is 0.245. The first kappa shape index (κ1) is 11.0. The molecule has 1 nitrogen and oxygen atoms in total. The van der Waals surface area contributed by atoms with E-state index in [-0.39, 0.29) is 0 Å². The summed E-state index contributed by atoms with van der Waals surface area (Å²) in [5, 5.41) is 3.71. The molecule has 2 fully saturated rings. The average Bonchev–Trinajstić information content (AvgIpc) is 3.05. The van der Waals surface area contributed by atoms with Crippen molar-refractivity contribution < 1.29 is 0 Å². The molecule has 1 N–H and O–H groups in total. The molecule has 2 atom stereocenters. The quantitative estimate of drug-likeness (QED) is 0.851. The Morgan fingerprint density at radius 1 is 1.00 bits per heavy atom. The minimum atomic E-state index is 0.849. The van der Waals surface area contributed by atoms with Crippen molar-refractivity contribution in [1.82, 2.24) is 5.32 Å². The lowest BCUT2D eigenvalue weighted by Gasteiger charge is -2.37. The van der Waals surface area contributed by atoms with Gasteiger partial charge >= 0.3 is 0 Å². The van der Waals surface area contributed by atoms with Crippen LogP contribution < -0.4 is 5.32 Å². The largest absolute Gasteiger partial charge is 0.314 e. The predicted molar refractivity (Wildman–Crippen MR) is 75.0 cm³/mol. The summed E-state index contributed by atoms with van der Waals surface area (Å²) in [5.74, 6) is 1.76. The zero-order chi connectivity index (χ0) is 11.9. The normalized spacial score (nSPS) is 30.0. The topological polar surface area (TPSA) is 12.0 Å². The van der Waals surface area contributed by atoms with E-state index in [1.54, 1.807) is 16.7 Å². The van der Waals surface area contributed by atoms with Crippen LogP contribution in [0.2, 0.25) is 0 Å². The molecule has 0 amide bonds. The molecule has 3 aliphatic carbocycles. The van der Waals surface area contributed by atoms with Gasteiger partial charge in [0.25, 0.3) is 0 Å². The number of hydrogen-bond donors (Lipinski definition) is 1. The second-order valence-corrected chi connectivity index (χ2v) is 6.51. The Hall–Kier alpha value is -0.820. The van der Waals surface area contributed by atoms with Gasteiger partial charge < -0.3 is 5.32 Å². The van der Waals surface area contributed by atoms with Crippen molar-refractivity contribution in [3.05, 3.63) is 34.9 Å². The van der Waals surface area contributed by atoms with Crippen LogP contribution in [-0.2, 0) is 12.8 Å². The number of benzene rings is 1. The van der Waals surface area contributed by atoms with E-state index in [0.29, 0.717) is 0 Å². The maximum atomic E-state index is 3.71. The Bertz CT molecular complexity index is 447. The van der Waals surface area contributed by atoms with E-state index in [2.05, 4.69) is 23.5 Å². The highest BCUT2D eigenvalue weighted by Crippen LogP contribution is 2.43. The molecule has 0 saturated heterocycles. The van der Waals surface area contributed by atoms with Crippen molar-refractivity contribution >= 4 is 0 Å². The zero-order valence-electron chi connectivity index (χ0n) is 11.1. The number of aryl methyl sites for hydroxylation is 2. The molecule has 0 bridgehead atoms. The Kier molecular flexibility index (Phi) is 2.69. The molecule has 0 radical (unpaired) electrons. The first-order valence-electron chi connectivity index (χ1n) is 7.75. The van der Waals surface area contributed by atoms with Crippen LogP contribution in [0.3, 0.4) is 0 Å². The highest BCUT2D eigenvalue weighted by atomic mass is 14.9.